The molecule has 2 atom stereocenters. The first-order valence-electron chi connectivity index (χ1n) is 9.53. The van der Waals surface area contributed by atoms with E-state index in [1.165, 1.54) is 0 Å². The summed E-state index contributed by atoms with van der Waals surface area (Å²) in [4.78, 5) is 35.6. The fourth-order valence-corrected chi connectivity index (χ4v) is 3.10. The van der Waals surface area contributed by atoms with E-state index in [0.29, 0.717) is 19.4 Å². The number of carboxylic acid groups (broad SMARTS) is 1. The summed E-state index contributed by atoms with van der Waals surface area (Å²) in [6.07, 6.45) is 3.05. The Labute approximate surface area is 156 Å². The van der Waals surface area contributed by atoms with Crippen LogP contribution in [-0.4, -0.2) is 41.3 Å². The molecule has 26 heavy (non-hydrogen) atoms. The lowest BCUT2D eigenvalue weighted by Crippen LogP contribution is -2.52. The molecule has 7 nitrogen and oxygen atoms in total. The molecule has 1 aliphatic rings. The molecule has 7 heteroatoms. The molecule has 1 fully saturated rings. The van der Waals surface area contributed by atoms with Crippen molar-refractivity contribution >= 4 is 18.0 Å². The van der Waals surface area contributed by atoms with Gasteiger partial charge in [0, 0.05) is 6.54 Å². The molecule has 2 amide bonds. The zero-order valence-corrected chi connectivity index (χ0v) is 16.6. The number of alkyl carbamates (subject to hydrolysis) is 1. The Morgan fingerprint density at radius 1 is 1.15 bits per heavy atom. The average Bonchev–Trinajstić information content (AvgIpc) is 2.55. The van der Waals surface area contributed by atoms with Gasteiger partial charge in [-0.05, 0) is 58.3 Å². The minimum atomic E-state index is -0.731. The summed E-state index contributed by atoms with van der Waals surface area (Å²) in [7, 11) is 0. The minimum Gasteiger partial charge on any atom is -0.481 e. The van der Waals surface area contributed by atoms with Crippen molar-refractivity contribution < 1.29 is 24.2 Å². The molecule has 0 spiro atoms. The summed E-state index contributed by atoms with van der Waals surface area (Å²) in [6.45, 7) is 9.72. The van der Waals surface area contributed by atoms with Gasteiger partial charge in [-0.15, -0.1) is 0 Å². The van der Waals surface area contributed by atoms with E-state index in [4.69, 9.17) is 9.84 Å². The van der Waals surface area contributed by atoms with Gasteiger partial charge in [0.05, 0.1) is 5.92 Å². The van der Waals surface area contributed by atoms with Crippen molar-refractivity contribution in [1.82, 2.24) is 10.6 Å². The van der Waals surface area contributed by atoms with Crippen molar-refractivity contribution in [1.29, 1.82) is 0 Å². The largest absolute Gasteiger partial charge is 0.481 e. The normalized spacial score (nSPS) is 22.8. The highest BCUT2D eigenvalue weighted by molar-refractivity contribution is 5.86. The molecule has 1 aliphatic carbocycles. The van der Waals surface area contributed by atoms with Crippen molar-refractivity contribution in [3.63, 3.8) is 0 Å². The lowest BCUT2D eigenvalue weighted by atomic mass is 9.82. The summed E-state index contributed by atoms with van der Waals surface area (Å²) < 4.78 is 5.26. The first-order valence-corrected chi connectivity index (χ1v) is 9.53. The molecule has 0 aromatic carbocycles. The predicted octanol–water partition coefficient (Wildman–Crippen LogP) is 2.93. The van der Waals surface area contributed by atoms with Gasteiger partial charge in [-0.1, -0.05) is 20.3 Å². The Balaban J connectivity index is 2.53. The summed E-state index contributed by atoms with van der Waals surface area (Å²) in [5, 5.41) is 14.7. The molecule has 3 N–H and O–H groups in total. The van der Waals surface area contributed by atoms with Gasteiger partial charge < -0.3 is 20.5 Å². The zero-order chi connectivity index (χ0) is 19.9. The molecule has 0 saturated heterocycles. The maximum Gasteiger partial charge on any atom is 0.408 e. The topological polar surface area (TPSA) is 105 Å². The maximum atomic E-state index is 12.6. The molecule has 150 valence electrons. The van der Waals surface area contributed by atoms with Crippen LogP contribution in [0, 0.1) is 17.8 Å². The van der Waals surface area contributed by atoms with Gasteiger partial charge in [0.25, 0.3) is 0 Å². The number of carbonyl (C=O) groups is 3. The van der Waals surface area contributed by atoms with Crippen LogP contribution in [-0.2, 0) is 14.3 Å². The van der Waals surface area contributed by atoms with Crippen LogP contribution < -0.4 is 10.6 Å². The molecule has 0 heterocycles. The monoisotopic (exact) mass is 370 g/mol. The van der Waals surface area contributed by atoms with Crippen molar-refractivity contribution in [2.45, 2.75) is 78.4 Å². The van der Waals surface area contributed by atoms with E-state index in [1.807, 2.05) is 13.8 Å². The number of nitrogens with one attached hydrogen (secondary N) is 2. The predicted molar refractivity (Wildman–Crippen MR) is 98.7 cm³/mol. The van der Waals surface area contributed by atoms with Crippen LogP contribution in [0.2, 0.25) is 0 Å². The fourth-order valence-electron chi connectivity index (χ4n) is 3.10. The summed E-state index contributed by atoms with van der Waals surface area (Å²) in [5.41, 5.74) is -0.622. The maximum absolute atomic E-state index is 12.6. The SMILES string of the molecule is CCC(C)C(NC(=O)OC(C)(C)C)C(=O)NCC1CCC(C(=O)O)CC1. The van der Waals surface area contributed by atoms with Crippen LogP contribution in [0.25, 0.3) is 0 Å². The molecular weight excluding hydrogens is 336 g/mol. The van der Waals surface area contributed by atoms with Gasteiger partial charge >= 0.3 is 12.1 Å². The van der Waals surface area contributed by atoms with E-state index in [2.05, 4.69) is 10.6 Å². The van der Waals surface area contributed by atoms with Crippen LogP contribution in [0.4, 0.5) is 4.79 Å². The van der Waals surface area contributed by atoms with E-state index in [1.54, 1.807) is 20.8 Å². The molecular formula is C19H34N2O5. The fraction of sp³-hybridized carbons (Fsp3) is 0.842. The Morgan fingerprint density at radius 3 is 2.19 bits per heavy atom. The summed E-state index contributed by atoms with van der Waals surface area (Å²) >= 11 is 0. The van der Waals surface area contributed by atoms with Crippen molar-refractivity contribution in [2.75, 3.05) is 6.54 Å². The number of carbonyl (C=O) groups excluding carboxylic acids is 2. The number of amides is 2. The van der Waals surface area contributed by atoms with Crippen LogP contribution in [0.5, 0.6) is 0 Å². The molecule has 0 aromatic heterocycles. The van der Waals surface area contributed by atoms with Crippen LogP contribution in [0.3, 0.4) is 0 Å². The highest BCUT2D eigenvalue weighted by Crippen LogP contribution is 2.28. The quantitative estimate of drug-likeness (QED) is 0.639. The molecule has 0 radical (unpaired) electrons. The Bertz CT molecular complexity index is 493. The number of carboxylic acids is 1. The van der Waals surface area contributed by atoms with Crippen molar-refractivity contribution in [3.05, 3.63) is 0 Å². The van der Waals surface area contributed by atoms with Gasteiger partial charge in [-0.2, -0.15) is 0 Å². The Morgan fingerprint density at radius 2 is 1.73 bits per heavy atom. The van der Waals surface area contributed by atoms with Crippen LogP contribution in [0.1, 0.15) is 66.7 Å². The van der Waals surface area contributed by atoms with E-state index in [9.17, 15) is 14.4 Å². The van der Waals surface area contributed by atoms with Crippen molar-refractivity contribution in [3.8, 4) is 0 Å². The molecule has 0 aliphatic heterocycles. The second-order valence-corrected chi connectivity index (χ2v) is 8.31. The Kier molecular flexibility index (Phi) is 8.37. The van der Waals surface area contributed by atoms with E-state index < -0.39 is 23.7 Å². The number of rotatable bonds is 7. The second kappa shape index (κ2) is 9.78. The number of ether oxygens (including phenoxy) is 1. The number of hydrogen-bond acceptors (Lipinski definition) is 4. The van der Waals surface area contributed by atoms with Gasteiger partial charge in [0.2, 0.25) is 5.91 Å². The third kappa shape index (κ3) is 7.62. The van der Waals surface area contributed by atoms with E-state index in [-0.39, 0.29) is 23.7 Å². The molecule has 1 saturated carbocycles. The molecule has 0 bridgehead atoms. The van der Waals surface area contributed by atoms with Crippen LogP contribution >= 0.6 is 0 Å². The molecule has 2 unspecified atom stereocenters. The standard InChI is InChI=1S/C19H34N2O5/c1-6-12(2)15(21-18(25)26-19(3,4)5)16(22)20-11-13-7-9-14(10-8-13)17(23)24/h12-15H,6-11H2,1-5H3,(H,20,22)(H,21,25)(H,23,24). The highest BCUT2D eigenvalue weighted by Gasteiger charge is 2.30. The molecule has 1 rings (SSSR count). The van der Waals surface area contributed by atoms with Crippen molar-refractivity contribution in [2.24, 2.45) is 17.8 Å². The highest BCUT2D eigenvalue weighted by atomic mass is 16.6. The molecule has 0 aromatic rings. The summed E-state index contributed by atoms with van der Waals surface area (Å²) in [6, 6.07) is -0.648. The lowest BCUT2D eigenvalue weighted by Gasteiger charge is -2.29. The van der Waals surface area contributed by atoms with Gasteiger partial charge in [-0.3, -0.25) is 9.59 Å². The third-order valence-corrected chi connectivity index (χ3v) is 4.93. The Hall–Kier alpha value is -1.79. The third-order valence-electron chi connectivity index (χ3n) is 4.93. The first kappa shape index (κ1) is 22.3. The number of aliphatic carboxylic acids is 1. The average molecular weight is 370 g/mol. The van der Waals surface area contributed by atoms with Gasteiger partial charge in [0.1, 0.15) is 11.6 Å². The second-order valence-electron chi connectivity index (χ2n) is 8.31. The zero-order valence-electron chi connectivity index (χ0n) is 16.6. The first-order chi connectivity index (χ1) is 12.0. The van der Waals surface area contributed by atoms with Crippen LogP contribution in [0.15, 0.2) is 0 Å². The van der Waals surface area contributed by atoms with E-state index in [0.717, 1.165) is 19.3 Å². The smallest absolute Gasteiger partial charge is 0.408 e. The van der Waals surface area contributed by atoms with Gasteiger partial charge in [-0.25, -0.2) is 4.79 Å². The number of hydrogen-bond donors (Lipinski definition) is 3. The van der Waals surface area contributed by atoms with E-state index >= 15 is 0 Å². The van der Waals surface area contributed by atoms with Gasteiger partial charge in [0.15, 0.2) is 0 Å². The minimum absolute atomic E-state index is 0.0229. The summed E-state index contributed by atoms with van der Waals surface area (Å²) in [5.74, 6) is -0.945. The lowest BCUT2D eigenvalue weighted by molar-refractivity contribution is -0.143.